The Bertz CT molecular complexity index is 508. The molecule has 70 valence electrons. The number of aromatic carboxylic acids is 1. The van der Waals surface area contributed by atoms with Gasteiger partial charge in [-0.15, -0.1) is 0 Å². The first kappa shape index (κ1) is 8.50. The Morgan fingerprint density at radius 1 is 1.29 bits per heavy atom. The van der Waals surface area contributed by atoms with Crippen LogP contribution < -0.4 is 0 Å². The molecule has 1 heterocycles. The second-order valence-electron chi connectivity index (χ2n) is 2.87. The van der Waals surface area contributed by atoms with Crippen molar-refractivity contribution in [3.63, 3.8) is 0 Å². The molecule has 14 heavy (non-hydrogen) atoms. The molecule has 0 fully saturated rings. The van der Waals surface area contributed by atoms with Gasteiger partial charge in [0.25, 0.3) is 0 Å². The van der Waals surface area contributed by atoms with E-state index in [0.717, 1.165) is 0 Å². The number of aromatic hydroxyl groups is 1. The van der Waals surface area contributed by atoms with Crippen LogP contribution in [-0.2, 0) is 0 Å². The predicted molar refractivity (Wildman–Crippen MR) is 50.4 cm³/mol. The molecule has 4 heteroatoms. The molecule has 1 aromatic heterocycles. The highest BCUT2D eigenvalue weighted by molar-refractivity contribution is 6.02. The first-order valence-electron chi connectivity index (χ1n) is 3.99. The quantitative estimate of drug-likeness (QED) is 0.715. The average Bonchev–Trinajstić information content (AvgIpc) is 2.16. The smallest absolute Gasteiger partial charge is 0.336 e. The van der Waals surface area contributed by atoms with Crippen molar-refractivity contribution in [1.82, 2.24) is 4.98 Å². The zero-order valence-corrected chi connectivity index (χ0v) is 7.14. The molecule has 2 rings (SSSR count). The highest BCUT2D eigenvalue weighted by Gasteiger charge is 2.08. The van der Waals surface area contributed by atoms with Crippen LogP contribution in [0.4, 0.5) is 0 Å². The number of nitrogens with zero attached hydrogens (tertiary/aromatic N) is 1. The topological polar surface area (TPSA) is 70.4 Å². The summed E-state index contributed by atoms with van der Waals surface area (Å²) in [5, 5.41) is 18.5. The maximum Gasteiger partial charge on any atom is 0.336 e. The number of rotatable bonds is 1. The van der Waals surface area contributed by atoms with Gasteiger partial charge in [0.1, 0.15) is 5.75 Å². The van der Waals surface area contributed by atoms with Gasteiger partial charge >= 0.3 is 5.97 Å². The summed E-state index contributed by atoms with van der Waals surface area (Å²) in [6.45, 7) is 0. The van der Waals surface area contributed by atoms with Crippen LogP contribution in [-0.4, -0.2) is 21.2 Å². The van der Waals surface area contributed by atoms with E-state index >= 15 is 0 Å². The Kier molecular flexibility index (Phi) is 1.81. The van der Waals surface area contributed by atoms with E-state index in [9.17, 15) is 9.90 Å². The summed E-state index contributed by atoms with van der Waals surface area (Å²) in [6, 6.07) is 5.86. The van der Waals surface area contributed by atoms with Crippen LogP contribution in [0.25, 0.3) is 10.9 Å². The van der Waals surface area contributed by atoms with Crippen LogP contribution >= 0.6 is 0 Å². The van der Waals surface area contributed by atoms with Crippen molar-refractivity contribution in [3.05, 3.63) is 36.0 Å². The molecule has 0 radical (unpaired) electrons. The van der Waals surface area contributed by atoms with Crippen LogP contribution in [0, 0.1) is 0 Å². The van der Waals surface area contributed by atoms with Gasteiger partial charge < -0.3 is 10.2 Å². The van der Waals surface area contributed by atoms with E-state index in [2.05, 4.69) is 4.98 Å². The fourth-order valence-corrected chi connectivity index (χ4v) is 1.32. The lowest BCUT2D eigenvalue weighted by atomic mass is 10.1. The van der Waals surface area contributed by atoms with E-state index in [0.29, 0.717) is 10.9 Å². The van der Waals surface area contributed by atoms with Gasteiger partial charge in [-0.25, -0.2) is 4.79 Å². The van der Waals surface area contributed by atoms with Gasteiger partial charge in [0.2, 0.25) is 0 Å². The fourth-order valence-electron chi connectivity index (χ4n) is 1.32. The third-order valence-corrected chi connectivity index (χ3v) is 1.96. The van der Waals surface area contributed by atoms with Crippen molar-refractivity contribution in [2.75, 3.05) is 0 Å². The van der Waals surface area contributed by atoms with Crippen LogP contribution in [0.15, 0.2) is 30.5 Å². The molecule has 0 saturated heterocycles. The normalized spacial score (nSPS) is 10.3. The number of carboxylic acid groups (broad SMARTS) is 1. The predicted octanol–water partition coefficient (Wildman–Crippen LogP) is 1.64. The number of benzene rings is 1. The zero-order chi connectivity index (χ0) is 10.1. The number of carboxylic acids is 1. The molecular formula is C10H7NO3. The Morgan fingerprint density at radius 2 is 2.07 bits per heavy atom. The third kappa shape index (κ3) is 1.26. The van der Waals surface area contributed by atoms with Crippen LogP contribution in [0.1, 0.15) is 10.4 Å². The first-order chi connectivity index (χ1) is 6.68. The number of fused-ring (bicyclic) bond motifs is 1. The second-order valence-corrected chi connectivity index (χ2v) is 2.87. The van der Waals surface area contributed by atoms with Gasteiger partial charge in [-0.1, -0.05) is 0 Å². The Labute approximate surface area is 79.4 Å². The van der Waals surface area contributed by atoms with Gasteiger partial charge in [-0.2, -0.15) is 0 Å². The van der Waals surface area contributed by atoms with E-state index in [4.69, 9.17) is 5.11 Å². The van der Waals surface area contributed by atoms with E-state index in [1.807, 2.05) is 0 Å². The van der Waals surface area contributed by atoms with Gasteiger partial charge in [-0.05, 0) is 24.3 Å². The van der Waals surface area contributed by atoms with Crippen molar-refractivity contribution in [2.45, 2.75) is 0 Å². The molecule has 0 aliphatic carbocycles. The third-order valence-electron chi connectivity index (χ3n) is 1.96. The standard InChI is InChI=1S/C10H7NO3/c12-6-1-2-9-8(5-6)7(10(13)14)3-4-11-9/h1-5,12H,(H,13,14). The highest BCUT2D eigenvalue weighted by atomic mass is 16.4. The summed E-state index contributed by atoms with van der Waals surface area (Å²) < 4.78 is 0. The molecule has 0 bridgehead atoms. The number of phenols is 1. The van der Waals surface area contributed by atoms with Crippen LogP contribution in [0.3, 0.4) is 0 Å². The molecule has 0 atom stereocenters. The van der Waals surface area contributed by atoms with Crippen molar-refractivity contribution in [3.8, 4) is 5.75 Å². The molecule has 1 aromatic carbocycles. The summed E-state index contributed by atoms with van der Waals surface area (Å²) in [6.07, 6.45) is 1.43. The molecule has 2 aromatic rings. The molecule has 0 aliphatic heterocycles. The fraction of sp³-hybridized carbons (Fsp3) is 0. The molecule has 0 unspecified atom stereocenters. The van der Waals surface area contributed by atoms with Gasteiger partial charge in [-0.3, -0.25) is 4.98 Å². The lowest BCUT2D eigenvalue weighted by Crippen LogP contribution is -1.97. The number of carbonyl (C=O) groups is 1. The minimum absolute atomic E-state index is 0.0352. The molecule has 0 amide bonds. The van der Waals surface area contributed by atoms with E-state index < -0.39 is 5.97 Å². The van der Waals surface area contributed by atoms with Crippen molar-refractivity contribution in [1.29, 1.82) is 0 Å². The average molecular weight is 189 g/mol. The van der Waals surface area contributed by atoms with Crippen molar-refractivity contribution >= 4 is 16.9 Å². The van der Waals surface area contributed by atoms with Crippen LogP contribution in [0.5, 0.6) is 5.75 Å². The summed E-state index contributed by atoms with van der Waals surface area (Å²) >= 11 is 0. The number of hydrogen-bond acceptors (Lipinski definition) is 3. The largest absolute Gasteiger partial charge is 0.508 e. The minimum atomic E-state index is -1.02. The number of pyridine rings is 1. The first-order valence-corrected chi connectivity index (χ1v) is 3.99. The van der Waals surface area contributed by atoms with Gasteiger partial charge in [0.15, 0.2) is 0 Å². The molecular weight excluding hydrogens is 182 g/mol. The summed E-state index contributed by atoms with van der Waals surface area (Å²) in [5.74, 6) is -0.990. The number of aromatic nitrogens is 1. The minimum Gasteiger partial charge on any atom is -0.508 e. The molecule has 0 aliphatic rings. The lowest BCUT2D eigenvalue weighted by molar-refractivity contribution is 0.0699. The summed E-state index contributed by atoms with van der Waals surface area (Å²) in [5.41, 5.74) is 0.702. The summed E-state index contributed by atoms with van der Waals surface area (Å²) in [4.78, 5) is 14.8. The van der Waals surface area contributed by atoms with E-state index in [1.54, 1.807) is 6.07 Å². The highest BCUT2D eigenvalue weighted by Crippen LogP contribution is 2.21. The van der Waals surface area contributed by atoms with E-state index in [1.165, 1.54) is 24.4 Å². The second kappa shape index (κ2) is 2.99. The van der Waals surface area contributed by atoms with Crippen molar-refractivity contribution < 1.29 is 15.0 Å². The number of hydrogen-bond donors (Lipinski definition) is 2. The summed E-state index contributed by atoms with van der Waals surface area (Å²) in [7, 11) is 0. The Morgan fingerprint density at radius 3 is 2.79 bits per heavy atom. The monoisotopic (exact) mass is 189 g/mol. The van der Waals surface area contributed by atoms with E-state index in [-0.39, 0.29) is 11.3 Å². The Hall–Kier alpha value is -2.10. The van der Waals surface area contributed by atoms with Crippen LogP contribution in [0.2, 0.25) is 0 Å². The number of phenolic OH excluding ortho intramolecular Hbond substituents is 1. The molecule has 4 nitrogen and oxygen atoms in total. The Balaban J connectivity index is 2.84. The van der Waals surface area contributed by atoms with Gasteiger partial charge in [0.05, 0.1) is 11.1 Å². The zero-order valence-electron chi connectivity index (χ0n) is 7.14. The SMILES string of the molecule is O=C(O)c1ccnc2ccc(O)cc12. The molecule has 0 spiro atoms. The lowest BCUT2D eigenvalue weighted by Gasteiger charge is -2.01. The molecule has 0 saturated carbocycles. The van der Waals surface area contributed by atoms with Gasteiger partial charge in [0, 0.05) is 11.6 Å². The maximum atomic E-state index is 10.8. The van der Waals surface area contributed by atoms with Crippen molar-refractivity contribution in [2.24, 2.45) is 0 Å². The molecule has 2 N–H and O–H groups in total. The maximum absolute atomic E-state index is 10.8.